The van der Waals surface area contributed by atoms with Gasteiger partial charge in [0.15, 0.2) is 5.13 Å². The van der Waals surface area contributed by atoms with Crippen molar-refractivity contribution in [1.82, 2.24) is 15.2 Å². The molecule has 0 amide bonds. The molecule has 2 aromatic rings. The van der Waals surface area contributed by atoms with Crippen molar-refractivity contribution in [2.24, 2.45) is 5.92 Å². The summed E-state index contributed by atoms with van der Waals surface area (Å²) in [5, 5.41) is 8.17. The summed E-state index contributed by atoms with van der Waals surface area (Å²) in [6, 6.07) is 2.19. The van der Waals surface area contributed by atoms with Crippen LogP contribution >= 0.6 is 22.9 Å². The number of nitrogens with zero attached hydrogens (tertiary/aromatic N) is 2. The Morgan fingerprint density at radius 2 is 2.15 bits per heavy atom. The Morgan fingerprint density at radius 3 is 2.79 bits per heavy atom. The molecule has 0 fully saturated rings. The fraction of sp³-hybridized carbons (Fsp3) is 0.381. The van der Waals surface area contributed by atoms with Crippen LogP contribution in [0.3, 0.4) is 0 Å². The van der Waals surface area contributed by atoms with E-state index in [9.17, 15) is 12.8 Å². The molecule has 1 aliphatic rings. The van der Waals surface area contributed by atoms with Gasteiger partial charge in [0, 0.05) is 55.5 Å². The summed E-state index contributed by atoms with van der Waals surface area (Å²) >= 11 is 7.48. The van der Waals surface area contributed by atoms with Crippen molar-refractivity contribution in [2.75, 3.05) is 44.3 Å². The first kappa shape index (κ1) is 25.3. The maximum Gasteiger partial charge on any atom is 0.266 e. The average molecular weight is 516 g/mol. The molecule has 3 N–H and O–H groups in total. The quantitative estimate of drug-likeness (QED) is 0.438. The number of aromatic nitrogens is 1. The highest BCUT2D eigenvalue weighted by Crippen LogP contribution is 2.35. The Balaban J connectivity index is 1.94. The van der Waals surface area contributed by atoms with Crippen LogP contribution in [0.1, 0.15) is 13.3 Å². The number of likely N-dealkylation sites (N-methyl/N-ethyl adjacent to an activating group) is 2. The Kier molecular flexibility index (Phi) is 8.22. The zero-order valence-electron chi connectivity index (χ0n) is 18.8. The first-order chi connectivity index (χ1) is 15.7. The molecule has 0 bridgehead atoms. The fourth-order valence-electron chi connectivity index (χ4n) is 3.43. The number of anilines is 2. The van der Waals surface area contributed by atoms with Crippen molar-refractivity contribution < 1.29 is 17.5 Å². The third-order valence-electron chi connectivity index (χ3n) is 5.18. The summed E-state index contributed by atoms with van der Waals surface area (Å²) in [6.45, 7) is 3.54. The van der Waals surface area contributed by atoms with Crippen molar-refractivity contribution in [3.63, 3.8) is 0 Å². The van der Waals surface area contributed by atoms with Gasteiger partial charge in [-0.3, -0.25) is 4.72 Å². The third-order valence-corrected chi connectivity index (χ3v) is 7.66. The second kappa shape index (κ2) is 10.7. The number of hydrogen-bond donors (Lipinski definition) is 3. The molecule has 0 radical (unpaired) electrons. The molecular weight excluding hydrogens is 489 g/mol. The molecule has 0 aliphatic heterocycles. The van der Waals surface area contributed by atoms with Crippen LogP contribution in [0.25, 0.3) is 0 Å². The molecule has 12 heteroatoms. The van der Waals surface area contributed by atoms with Gasteiger partial charge in [0.2, 0.25) is 0 Å². The SMILES string of the molecule is CNCCN(C)C1=C(Nc2cc(F)c(S(=O)(=O)Nc3nccs3)cc2Cl)CC(C)C(OC)=C1. The number of sulfonamides is 1. The van der Waals surface area contributed by atoms with Crippen molar-refractivity contribution in [2.45, 2.75) is 18.2 Å². The van der Waals surface area contributed by atoms with Crippen LogP contribution in [0.5, 0.6) is 0 Å². The first-order valence-electron chi connectivity index (χ1n) is 10.2. The monoisotopic (exact) mass is 515 g/mol. The normalized spacial score (nSPS) is 16.4. The predicted octanol–water partition coefficient (Wildman–Crippen LogP) is 4.08. The highest BCUT2D eigenvalue weighted by atomic mass is 35.5. The van der Waals surface area contributed by atoms with E-state index in [4.69, 9.17) is 16.3 Å². The predicted molar refractivity (Wildman–Crippen MR) is 130 cm³/mol. The van der Waals surface area contributed by atoms with Gasteiger partial charge in [0.1, 0.15) is 16.5 Å². The van der Waals surface area contributed by atoms with E-state index in [1.807, 2.05) is 27.1 Å². The van der Waals surface area contributed by atoms with E-state index in [1.165, 1.54) is 6.20 Å². The van der Waals surface area contributed by atoms with Gasteiger partial charge in [-0.15, -0.1) is 11.3 Å². The van der Waals surface area contributed by atoms with Crippen LogP contribution in [0.2, 0.25) is 5.02 Å². The number of allylic oxidation sites excluding steroid dienone is 3. The molecule has 0 saturated carbocycles. The topological polar surface area (TPSA) is 95.6 Å². The number of ether oxygens (including phenoxy) is 1. The minimum Gasteiger partial charge on any atom is -0.501 e. The highest BCUT2D eigenvalue weighted by Gasteiger charge is 2.26. The van der Waals surface area contributed by atoms with Crippen molar-refractivity contribution in [3.8, 4) is 0 Å². The number of benzene rings is 1. The Hall–Kier alpha value is -2.34. The third kappa shape index (κ3) is 5.97. The molecule has 1 aliphatic carbocycles. The van der Waals surface area contributed by atoms with Crippen LogP contribution < -0.4 is 15.4 Å². The van der Waals surface area contributed by atoms with E-state index in [0.29, 0.717) is 6.42 Å². The molecule has 1 atom stereocenters. The van der Waals surface area contributed by atoms with Gasteiger partial charge in [-0.05, 0) is 19.5 Å². The van der Waals surface area contributed by atoms with Gasteiger partial charge < -0.3 is 20.3 Å². The number of methoxy groups -OCH3 is 1. The summed E-state index contributed by atoms with van der Waals surface area (Å²) in [5.74, 6) is 0.0252. The summed E-state index contributed by atoms with van der Waals surface area (Å²) in [4.78, 5) is 5.38. The molecule has 1 aromatic heterocycles. The molecule has 0 saturated heterocycles. The lowest BCUT2D eigenvalue weighted by atomic mass is 9.95. The number of rotatable bonds is 10. The van der Waals surface area contributed by atoms with Gasteiger partial charge in [-0.1, -0.05) is 18.5 Å². The Labute approximate surface area is 202 Å². The average Bonchev–Trinajstić information content (AvgIpc) is 3.26. The largest absolute Gasteiger partial charge is 0.501 e. The van der Waals surface area contributed by atoms with E-state index in [2.05, 4.69) is 25.2 Å². The van der Waals surface area contributed by atoms with E-state index in [0.717, 1.165) is 53.7 Å². The summed E-state index contributed by atoms with van der Waals surface area (Å²) in [6.07, 6.45) is 4.02. The lowest BCUT2D eigenvalue weighted by molar-refractivity contribution is 0.240. The van der Waals surface area contributed by atoms with Gasteiger partial charge in [0.25, 0.3) is 10.0 Å². The fourth-order valence-corrected chi connectivity index (χ4v) is 5.58. The lowest BCUT2D eigenvalue weighted by Crippen LogP contribution is -2.30. The van der Waals surface area contributed by atoms with Gasteiger partial charge in [-0.25, -0.2) is 17.8 Å². The molecule has 1 unspecified atom stereocenters. The van der Waals surface area contributed by atoms with Crippen LogP contribution in [0, 0.1) is 11.7 Å². The Bertz CT molecular complexity index is 1150. The van der Waals surface area contributed by atoms with Crippen molar-refractivity contribution >= 4 is 43.8 Å². The van der Waals surface area contributed by atoms with Gasteiger partial charge in [-0.2, -0.15) is 0 Å². The summed E-state index contributed by atoms with van der Waals surface area (Å²) in [7, 11) is 1.29. The molecule has 1 aromatic carbocycles. The van der Waals surface area contributed by atoms with Gasteiger partial charge in [0.05, 0.1) is 23.5 Å². The van der Waals surface area contributed by atoms with E-state index < -0.39 is 20.7 Å². The van der Waals surface area contributed by atoms with Crippen LogP contribution in [0.15, 0.2) is 51.8 Å². The van der Waals surface area contributed by atoms with Crippen LogP contribution in [-0.2, 0) is 14.8 Å². The molecule has 1 heterocycles. The van der Waals surface area contributed by atoms with E-state index in [-0.39, 0.29) is 21.8 Å². The molecular formula is C21H27ClFN5O3S2. The molecule has 3 rings (SSSR count). The Morgan fingerprint density at radius 1 is 1.39 bits per heavy atom. The van der Waals surface area contributed by atoms with E-state index >= 15 is 0 Å². The highest BCUT2D eigenvalue weighted by molar-refractivity contribution is 7.93. The second-order valence-electron chi connectivity index (χ2n) is 7.58. The molecule has 0 spiro atoms. The number of thiazole rings is 1. The minimum atomic E-state index is -4.18. The number of halogens is 2. The first-order valence-corrected chi connectivity index (χ1v) is 12.9. The summed E-state index contributed by atoms with van der Waals surface area (Å²) in [5.41, 5.74) is 2.00. The van der Waals surface area contributed by atoms with Crippen LogP contribution in [0.4, 0.5) is 15.2 Å². The standard InChI is InChI=1S/C21H27ClFN5O3S2/c1-13-9-17(18(12-19(13)31-4)28(3)7-5-24-2)26-16-11-15(23)20(10-14(16)22)33(29,30)27-21-25-6-8-32-21/h6,8,10-13,24,26H,5,7,9H2,1-4H3,(H,25,27). The maximum atomic E-state index is 14.9. The summed E-state index contributed by atoms with van der Waals surface area (Å²) < 4.78 is 47.9. The molecule has 33 heavy (non-hydrogen) atoms. The van der Waals surface area contributed by atoms with Gasteiger partial charge >= 0.3 is 0 Å². The maximum absolute atomic E-state index is 14.9. The van der Waals surface area contributed by atoms with Crippen molar-refractivity contribution in [1.29, 1.82) is 0 Å². The lowest BCUT2D eigenvalue weighted by Gasteiger charge is -2.31. The van der Waals surface area contributed by atoms with Crippen LogP contribution in [-0.4, -0.2) is 52.6 Å². The molecule has 8 nitrogen and oxygen atoms in total. The van der Waals surface area contributed by atoms with E-state index in [1.54, 1.807) is 12.5 Å². The zero-order valence-corrected chi connectivity index (χ0v) is 21.2. The zero-order chi connectivity index (χ0) is 24.2. The second-order valence-corrected chi connectivity index (χ2v) is 10.5. The molecule has 180 valence electrons. The van der Waals surface area contributed by atoms with Crippen molar-refractivity contribution in [3.05, 3.63) is 57.8 Å². The number of nitrogens with one attached hydrogen (secondary N) is 3. The number of hydrogen-bond acceptors (Lipinski definition) is 8. The minimum absolute atomic E-state index is 0.0785. The smallest absolute Gasteiger partial charge is 0.266 e.